The van der Waals surface area contributed by atoms with E-state index in [1.54, 1.807) is 39.1 Å². The van der Waals surface area contributed by atoms with E-state index >= 15 is 0 Å². The summed E-state index contributed by atoms with van der Waals surface area (Å²) >= 11 is -1.22. The van der Waals surface area contributed by atoms with Gasteiger partial charge in [0.15, 0.2) is 0 Å². The predicted molar refractivity (Wildman–Crippen MR) is 64.3 cm³/mol. The maximum atomic E-state index is 10.1. The van der Waals surface area contributed by atoms with Crippen molar-refractivity contribution in [2.24, 2.45) is 0 Å². The molecule has 0 aliphatic rings. The molecule has 0 aliphatic heterocycles. The first-order chi connectivity index (χ1) is 6.11. The van der Waals surface area contributed by atoms with Crippen LogP contribution < -0.4 is 0 Å². The van der Waals surface area contributed by atoms with Crippen molar-refractivity contribution >= 4 is 28.3 Å². The molecule has 0 saturated carbocycles. The molecule has 0 unspecified atom stereocenters. The van der Waals surface area contributed by atoms with Crippen LogP contribution in [0.1, 0.15) is 6.92 Å². The zero-order valence-corrected chi connectivity index (χ0v) is 11.6. The molecule has 0 atom stereocenters. The molecule has 0 radical (unpaired) electrons. The van der Waals surface area contributed by atoms with Gasteiger partial charge < -0.3 is 14.0 Å². The van der Waals surface area contributed by atoms with Crippen molar-refractivity contribution in [2.45, 2.75) is 6.92 Å². The highest BCUT2D eigenvalue weighted by atomic mass is 32.2. The summed E-state index contributed by atoms with van der Waals surface area (Å²) in [5.74, 6) is 0.0926. The topological polar surface area (TPSA) is 66.4 Å². The van der Waals surface area contributed by atoms with Gasteiger partial charge in [-0.15, -0.1) is 0 Å². The Hall–Kier alpha value is 0.0900. The highest BCUT2D eigenvalue weighted by Crippen LogP contribution is 1.69. The van der Waals surface area contributed by atoms with Crippen molar-refractivity contribution in [2.75, 3.05) is 39.1 Å². The fraction of sp³-hybridized carbons (Fsp3) is 0.875. The van der Waals surface area contributed by atoms with Gasteiger partial charge >= 0.3 is 0 Å². The van der Waals surface area contributed by atoms with Gasteiger partial charge in [-0.3, -0.25) is 4.79 Å². The van der Waals surface area contributed by atoms with Crippen molar-refractivity contribution in [3.05, 3.63) is 0 Å². The summed E-state index contributed by atoms with van der Waals surface area (Å²) in [5, 5.41) is 0. The third-order valence-electron chi connectivity index (χ3n) is 0.630. The standard InChI is InChI=1S/C4H9NO.2C2H6OS/c1-4(6)5(2)3;2*1-4(2)3/h1-3H3;2*1-2H3. The SMILES string of the molecule is CC(=O)N(C)C.C[S+](C)[O-].C[S+](C)[O-]. The average molecular weight is 243 g/mol. The molecule has 0 aliphatic carbocycles. The van der Waals surface area contributed by atoms with E-state index in [4.69, 9.17) is 0 Å². The zero-order chi connectivity index (χ0) is 12.3. The minimum absolute atomic E-state index is 0.0926. The molecule has 0 bridgehead atoms. The average Bonchev–Trinajstić information content (AvgIpc) is 1.83. The molecule has 0 aromatic rings. The van der Waals surface area contributed by atoms with E-state index in [1.807, 2.05) is 0 Å². The third-order valence-corrected chi connectivity index (χ3v) is 0.630. The van der Waals surface area contributed by atoms with Gasteiger partial charge in [0, 0.05) is 21.0 Å². The van der Waals surface area contributed by atoms with Crippen LogP contribution in [0.15, 0.2) is 0 Å². The van der Waals surface area contributed by atoms with E-state index in [-0.39, 0.29) is 5.91 Å². The lowest BCUT2D eigenvalue weighted by atomic mass is 10.7. The van der Waals surface area contributed by atoms with E-state index < -0.39 is 22.4 Å². The van der Waals surface area contributed by atoms with E-state index in [9.17, 15) is 13.9 Å². The van der Waals surface area contributed by atoms with Crippen LogP contribution in [0.3, 0.4) is 0 Å². The Labute approximate surface area is 93.4 Å². The molecule has 0 heterocycles. The normalized spacial score (nSPS) is 8.50. The molecule has 6 heteroatoms. The Morgan fingerprint density at radius 3 is 1.07 bits per heavy atom. The van der Waals surface area contributed by atoms with Crippen LogP contribution in [0.4, 0.5) is 0 Å². The molecule has 4 nitrogen and oxygen atoms in total. The van der Waals surface area contributed by atoms with Crippen LogP contribution in [0.25, 0.3) is 0 Å². The van der Waals surface area contributed by atoms with E-state index in [0.717, 1.165) is 0 Å². The Balaban J connectivity index is -0.000000135. The van der Waals surface area contributed by atoms with Crippen LogP contribution in [0.5, 0.6) is 0 Å². The van der Waals surface area contributed by atoms with Gasteiger partial charge in [0.1, 0.15) is 0 Å². The van der Waals surface area contributed by atoms with Gasteiger partial charge in [-0.05, 0) is 0 Å². The molecule has 88 valence electrons. The molecule has 0 aromatic carbocycles. The number of carbonyl (C=O) groups excluding carboxylic acids is 1. The van der Waals surface area contributed by atoms with Gasteiger partial charge in [-0.1, -0.05) is 22.4 Å². The number of hydrogen-bond acceptors (Lipinski definition) is 3. The monoisotopic (exact) mass is 243 g/mol. The molecular weight excluding hydrogens is 222 g/mol. The van der Waals surface area contributed by atoms with Crippen LogP contribution in [0, 0.1) is 0 Å². The molecule has 0 spiro atoms. The van der Waals surface area contributed by atoms with Crippen LogP contribution >= 0.6 is 0 Å². The summed E-state index contributed by atoms with van der Waals surface area (Å²) in [6, 6.07) is 0. The minimum Gasteiger partial charge on any atom is -0.617 e. The number of carbonyl (C=O) groups is 1. The highest BCUT2D eigenvalue weighted by molar-refractivity contribution is 7.90. The Bertz CT molecular complexity index is 118. The molecule has 14 heavy (non-hydrogen) atoms. The quantitative estimate of drug-likeness (QED) is 0.566. The molecule has 0 saturated heterocycles. The summed E-state index contributed by atoms with van der Waals surface area (Å²) in [6.45, 7) is 1.53. The summed E-state index contributed by atoms with van der Waals surface area (Å²) < 4.78 is 19.1. The second-order valence-corrected chi connectivity index (χ2v) is 5.86. The zero-order valence-electron chi connectivity index (χ0n) is 9.99. The van der Waals surface area contributed by atoms with Crippen molar-refractivity contribution < 1.29 is 13.9 Å². The number of hydrogen-bond donors (Lipinski definition) is 0. The van der Waals surface area contributed by atoms with Crippen LogP contribution in [-0.4, -0.2) is 59.0 Å². The molecule has 0 fully saturated rings. The summed E-state index contributed by atoms with van der Waals surface area (Å²) in [4.78, 5) is 11.6. The van der Waals surface area contributed by atoms with Gasteiger partial charge in [0.2, 0.25) is 5.91 Å². The third kappa shape index (κ3) is 88.9. The maximum absolute atomic E-state index is 10.1. The smallest absolute Gasteiger partial charge is 0.218 e. The number of nitrogens with zero attached hydrogens (tertiary/aromatic N) is 1. The van der Waals surface area contributed by atoms with Crippen molar-refractivity contribution in [1.82, 2.24) is 4.90 Å². The Morgan fingerprint density at radius 2 is 1.07 bits per heavy atom. The maximum Gasteiger partial charge on any atom is 0.218 e. The van der Waals surface area contributed by atoms with Gasteiger partial charge in [0.05, 0.1) is 25.0 Å². The first-order valence-electron chi connectivity index (χ1n) is 3.79. The fourth-order valence-corrected chi connectivity index (χ4v) is 0. The highest BCUT2D eigenvalue weighted by Gasteiger charge is 1.87. The summed E-state index contributed by atoms with van der Waals surface area (Å²) in [5.41, 5.74) is 0. The second kappa shape index (κ2) is 13.1. The summed E-state index contributed by atoms with van der Waals surface area (Å²) in [6.07, 6.45) is 6.56. The fourth-order valence-electron chi connectivity index (χ4n) is 0. The van der Waals surface area contributed by atoms with Crippen molar-refractivity contribution in [1.29, 1.82) is 0 Å². The van der Waals surface area contributed by atoms with Gasteiger partial charge in [-0.2, -0.15) is 0 Å². The Morgan fingerprint density at radius 1 is 1.00 bits per heavy atom. The van der Waals surface area contributed by atoms with E-state index in [1.165, 1.54) is 11.8 Å². The molecular formula is C8H21NO3S2. The van der Waals surface area contributed by atoms with E-state index in [2.05, 4.69) is 0 Å². The van der Waals surface area contributed by atoms with Crippen molar-refractivity contribution in [3.63, 3.8) is 0 Å². The van der Waals surface area contributed by atoms with Crippen molar-refractivity contribution in [3.8, 4) is 0 Å². The molecule has 0 aromatic heterocycles. The van der Waals surface area contributed by atoms with Gasteiger partial charge in [-0.25, -0.2) is 0 Å². The van der Waals surface area contributed by atoms with Crippen LogP contribution in [0.2, 0.25) is 0 Å². The van der Waals surface area contributed by atoms with Crippen LogP contribution in [-0.2, 0) is 27.1 Å². The minimum atomic E-state index is -0.611. The molecule has 0 N–H and O–H groups in total. The van der Waals surface area contributed by atoms with Gasteiger partial charge in [0.25, 0.3) is 0 Å². The Kier molecular flexibility index (Phi) is 18.4. The first kappa shape index (κ1) is 19.6. The van der Waals surface area contributed by atoms with E-state index in [0.29, 0.717) is 0 Å². The number of amides is 1. The largest absolute Gasteiger partial charge is 0.617 e. The molecule has 1 amide bonds. The first-order valence-corrected chi connectivity index (χ1v) is 7.72. The number of rotatable bonds is 0. The lowest BCUT2D eigenvalue weighted by Gasteiger charge is -2.02. The predicted octanol–water partition coefficient (Wildman–Crippen LogP) is 0.0839. The lowest BCUT2D eigenvalue weighted by molar-refractivity contribution is -0.126. The molecule has 0 rings (SSSR count). The second-order valence-electron chi connectivity index (χ2n) is 2.90. The lowest BCUT2D eigenvalue weighted by Crippen LogP contribution is -2.17. The summed E-state index contributed by atoms with van der Waals surface area (Å²) in [7, 11) is 3.45.